The molecule has 5 heteroatoms. The van der Waals surface area contributed by atoms with Gasteiger partial charge in [0.2, 0.25) is 5.91 Å². The quantitative estimate of drug-likeness (QED) is 0.849. The lowest BCUT2D eigenvalue weighted by atomic mass is 9.93. The highest BCUT2D eigenvalue weighted by molar-refractivity contribution is 5.80. The summed E-state index contributed by atoms with van der Waals surface area (Å²) in [4.78, 5) is 24.3. The molecule has 2 atom stereocenters. The molecule has 3 heterocycles. The van der Waals surface area contributed by atoms with Crippen molar-refractivity contribution in [2.45, 2.75) is 38.1 Å². The van der Waals surface area contributed by atoms with Crippen LogP contribution in [0.5, 0.6) is 0 Å². The minimum absolute atomic E-state index is 0.114. The molecule has 0 spiro atoms. The third-order valence-electron chi connectivity index (χ3n) is 5.23. The number of hydrogen-bond acceptors (Lipinski definition) is 4. The lowest BCUT2D eigenvalue weighted by molar-refractivity contribution is -0.139. The van der Waals surface area contributed by atoms with Crippen LogP contribution in [0.1, 0.15) is 32.1 Å². The Morgan fingerprint density at radius 1 is 1.21 bits per heavy atom. The predicted molar refractivity (Wildman–Crippen MR) is 97.1 cm³/mol. The molecule has 2 aliphatic heterocycles. The summed E-state index contributed by atoms with van der Waals surface area (Å²) >= 11 is 0. The normalized spacial score (nSPS) is 25.1. The van der Waals surface area contributed by atoms with Crippen LogP contribution in [0.4, 0.5) is 5.82 Å². The van der Waals surface area contributed by atoms with Crippen LogP contribution in [-0.4, -0.2) is 67.0 Å². The van der Waals surface area contributed by atoms with Gasteiger partial charge in [-0.3, -0.25) is 4.79 Å². The van der Waals surface area contributed by atoms with E-state index in [0.717, 1.165) is 57.7 Å². The van der Waals surface area contributed by atoms with E-state index in [1.54, 1.807) is 0 Å². The molecule has 0 aliphatic carbocycles. The summed E-state index contributed by atoms with van der Waals surface area (Å²) < 4.78 is 0. The van der Waals surface area contributed by atoms with E-state index in [1.807, 2.05) is 24.4 Å². The Morgan fingerprint density at radius 2 is 2.08 bits per heavy atom. The van der Waals surface area contributed by atoms with Crippen LogP contribution in [0.25, 0.3) is 0 Å². The zero-order chi connectivity index (χ0) is 16.9. The first-order valence-electron chi connectivity index (χ1n) is 9.26. The zero-order valence-electron chi connectivity index (χ0n) is 15.0. The zero-order valence-corrected chi connectivity index (χ0v) is 15.0. The van der Waals surface area contributed by atoms with Gasteiger partial charge in [-0.1, -0.05) is 6.07 Å². The number of carbonyl (C=O) groups is 1. The number of aromatic nitrogens is 1. The molecule has 3 rings (SSSR count). The second-order valence-electron chi connectivity index (χ2n) is 7.42. The predicted octanol–water partition coefficient (Wildman–Crippen LogP) is 2.24. The van der Waals surface area contributed by atoms with Crippen LogP contribution in [0, 0.1) is 5.92 Å². The standard InChI is InChI=1S/C19H30N4O/c1-21(2)15-17-9-4-6-13-23(17)19(24)16-8-7-12-22(14-16)18-10-3-5-11-20-18/h3,5,10-11,16-17H,4,6-9,12-15H2,1-2H3/t16-,17+/m0/s1. The lowest BCUT2D eigenvalue weighted by Crippen LogP contribution is -2.53. The smallest absolute Gasteiger partial charge is 0.227 e. The molecule has 24 heavy (non-hydrogen) atoms. The van der Waals surface area contributed by atoms with Crippen LogP contribution < -0.4 is 4.90 Å². The number of anilines is 1. The number of rotatable bonds is 4. The maximum absolute atomic E-state index is 13.2. The first kappa shape index (κ1) is 17.2. The van der Waals surface area contributed by atoms with E-state index in [2.05, 4.69) is 33.8 Å². The Hall–Kier alpha value is -1.62. The Morgan fingerprint density at radius 3 is 2.83 bits per heavy atom. The van der Waals surface area contributed by atoms with Gasteiger partial charge in [-0.05, 0) is 58.3 Å². The summed E-state index contributed by atoms with van der Waals surface area (Å²) in [5.74, 6) is 1.48. The second-order valence-corrected chi connectivity index (χ2v) is 7.42. The molecule has 0 saturated carbocycles. The third-order valence-corrected chi connectivity index (χ3v) is 5.23. The lowest BCUT2D eigenvalue weighted by Gasteiger charge is -2.41. The van der Waals surface area contributed by atoms with Crippen molar-refractivity contribution in [2.24, 2.45) is 5.92 Å². The van der Waals surface area contributed by atoms with Crippen LogP contribution in [0.2, 0.25) is 0 Å². The average Bonchev–Trinajstić information content (AvgIpc) is 2.62. The van der Waals surface area contributed by atoms with E-state index >= 15 is 0 Å². The first-order chi connectivity index (χ1) is 11.6. The Labute approximate surface area is 145 Å². The van der Waals surface area contributed by atoms with Gasteiger partial charge >= 0.3 is 0 Å². The number of likely N-dealkylation sites (N-methyl/N-ethyl adjacent to an activating group) is 1. The van der Waals surface area contributed by atoms with Crippen molar-refractivity contribution in [2.75, 3.05) is 45.2 Å². The molecule has 1 amide bonds. The minimum atomic E-state index is 0.114. The van der Waals surface area contributed by atoms with Crippen LogP contribution in [0.15, 0.2) is 24.4 Å². The first-order valence-corrected chi connectivity index (χ1v) is 9.26. The van der Waals surface area contributed by atoms with Gasteiger partial charge < -0.3 is 14.7 Å². The summed E-state index contributed by atoms with van der Waals surface area (Å²) in [7, 11) is 4.20. The molecule has 1 aromatic rings. The molecule has 0 N–H and O–H groups in total. The number of amides is 1. The topological polar surface area (TPSA) is 39.7 Å². The van der Waals surface area contributed by atoms with Gasteiger partial charge in [0.15, 0.2) is 0 Å². The monoisotopic (exact) mass is 330 g/mol. The van der Waals surface area contributed by atoms with E-state index in [0.29, 0.717) is 11.9 Å². The molecule has 0 radical (unpaired) electrons. The van der Waals surface area contributed by atoms with Crippen LogP contribution >= 0.6 is 0 Å². The maximum atomic E-state index is 13.2. The molecular weight excluding hydrogens is 300 g/mol. The fourth-order valence-electron chi connectivity index (χ4n) is 4.06. The average molecular weight is 330 g/mol. The molecule has 132 valence electrons. The van der Waals surface area contributed by atoms with Crippen molar-refractivity contribution in [3.05, 3.63) is 24.4 Å². The van der Waals surface area contributed by atoms with E-state index in [1.165, 1.54) is 6.42 Å². The highest BCUT2D eigenvalue weighted by Crippen LogP contribution is 2.26. The van der Waals surface area contributed by atoms with Gasteiger partial charge in [-0.2, -0.15) is 0 Å². The van der Waals surface area contributed by atoms with Crippen molar-refractivity contribution >= 4 is 11.7 Å². The van der Waals surface area contributed by atoms with Gasteiger partial charge in [0.05, 0.1) is 5.92 Å². The van der Waals surface area contributed by atoms with Gasteiger partial charge in [0, 0.05) is 38.4 Å². The molecule has 0 aromatic carbocycles. The minimum Gasteiger partial charge on any atom is -0.356 e. The molecule has 0 unspecified atom stereocenters. The summed E-state index contributed by atoms with van der Waals surface area (Å²) in [6.45, 7) is 3.71. The molecule has 0 bridgehead atoms. The van der Waals surface area contributed by atoms with Crippen LogP contribution in [-0.2, 0) is 4.79 Å². The highest BCUT2D eigenvalue weighted by atomic mass is 16.2. The maximum Gasteiger partial charge on any atom is 0.227 e. The van der Waals surface area contributed by atoms with Gasteiger partial charge in [0.1, 0.15) is 5.82 Å². The SMILES string of the molecule is CN(C)C[C@H]1CCCCN1C(=O)[C@H]1CCCN(c2ccccn2)C1. The Balaban J connectivity index is 1.67. The second kappa shape index (κ2) is 7.97. The molecule has 5 nitrogen and oxygen atoms in total. The van der Waals surface area contributed by atoms with Crippen molar-refractivity contribution in [3.63, 3.8) is 0 Å². The fourth-order valence-corrected chi connectivity index (χ4v) is 4.06. The van der Waals surface area contributed by atoms with Gasteiger partial charge in [-0.25, -0.2) is 4.98 Å². The number of hydrogen-bond donors (Lipinski definition) is 0. The van der Waals surface area contributed by atoms with Crippen molar-refractivity contribution < 1.29 is 4.79 Å². The highest BCUT2D eigenvalue weighted by Gasteiger charge is 2.34. The van der Waals surface area contributed by atoms with E-state index < -0.39 is 0 Å². The molecular formula is C19H30N4O. The molecule has 2 saturated heterocycles. The van der Waals surface area contributed by atoms with Crippen molar-refractivity contribution in [1.82, 2.24) is 14.8 Å². The molecule has 2 aliphatic rings. The van der Waals surface area contributed by atoms with Gasteiger partial charge in [-0.15, -0.1) is 0 Å². The third kappa shape index (κ3) is 4.07. The summed E-state index contributed by atoms with van der Waals surface area (Å²) in [6, 6.07) is 6.38. The van der Waals surface area contributed by atoms with E-state index in [9.17, 15) is 4.79 Å². The number of nitrogens with zero attached hydrogens (tertiary/aromatic N) is 4. The van der Waals surface area contributed by atoms with Crippen molar-refractivity contribution in [3.8, 4) is 0 Å². The van der Waals surface area contributed by atoms with Crippen molar-refractivity contribution in [1.29, 1.82) is 0 Å². The Kier molecular flexibility index (Phi) is 5.72. The van der Waals surface area contributed by atoms with Gasteiger partial charge in [0.25, 0.3) is 0 Å². The fraction of sp³-hybridized carbons (Fsp3) is 0.684. The Bertz CT molecular complexity index is 533. The number of carbonyl (C=O) groups excluding carboxylic acids is 1. The number of likely N-dealkylation sites (tertiary alicyclic amines) is 1. The van der Waals surface area contributed by atoms with Crippen LogP contribution in [0.3, 0.4) is 0 Å². The summed E-state index contributed by atoms with van der Waals surface area (Å²) in [5, 5.41) is 0. The number of pyridine rings is 1. The molecule has 2 fully saturated rings. The number of piperidine rings is 2. The molecule has 1 aromatic heterocycles. The van der Waals surface area contributed by atoms with E-state index in [4.69, 9.17) is 0 Å². The van der Waals surface area contributed by atoms with E-state index in [-0.39, 0.29) is 5.92 Å². The summed E-state index contributed by atoms with van der Waals surface area (Å²) in [5.41, 5.74) is 0. The largest absolute Gasteiger partial charge is 0.356 e. The summed E-state index contributed by atoms with van der Waals surface area (Å²) in [6.07, 6.45) is 7.44.